The Labute approximate surface area is 296 Å². The van der Waals surface area contributed by atoms with E-state index in [-0.39, 0.29) is 36.0 Å². The molecule has 0 saturated carbocycles. The third-order valence-electron chi connectivity index (χ3n) is 10.7. The van der Waals surface area contributed by atoms with E-state index < -0.39 is 13.7 Å². The molecule has 1 unspecified atom stereocenters. The van der Waals surface area contributed by atoms with E-state index in [0.29, 0.717) is 13.0 Å². The number of benzene rings is 4. The summed E-state index contributed by atoms with van der Waals surface area (Å²) in [6.45, 7) is 7.48. The third-order valence-corrected chi connectivity index (χ3v) is 15.5. The number of para-hydroxylation sites is 1. The molecule has 5 aromatic rings. The van der Waals surface area contributed by atoms with Gasteiger partial charge in [-0.2, -0.15) is 0 Å². The van der Waals surface area contributed by atoms with Crippen LogP contribution < -0.4 is 14.8 Å². The molecule has 2 aliphatic rings. The maximum absolute atomic E-state index is 15.0. The van der Waals surface area contributed by atoms with Crippen molar-refractivity contribution >= 4 is 46.5 Å². The van der Waals surface area contributed by atoms with Crippen molar-refractivity contribution in [1.29, 1.82) is 0 Å². The molecule has 10 heteroatoms. The van der Waals surface area contributed by atoms with Gasteiger partial charge >= 0.3 is 0 Å². The molecular weight excluding hydrogens is 696 g/mol. The number of ether oxygens (including phenoxy) is 2. The second-order valence-electron chi connectivity index (χ2n) is 13.6. The van der Waals surface area contributed by atoms with E-state index in [2.05, 4.69) is 64.5 Å². The molecule has 0 radical (unpaired) electrons. The van der Waals surface area contributed by atoms with Crippen molar-refractivity contribution in [2.24, 2.45) is 5.92 Å². The van der Waals surface area contributed by atoms with Crippen LogP contribution in [0.15, 0.2) is 114 Å². The van der Waals surface area contributed by atoms with Crippen molar-refractivity contribution in [1.82, 2.24) is 15.0 Å². The number of aliphatic hydroxyl groups excluding tert-OH is 1. The summed E-state index contributed by atoms with van der Waals surface area (Å²) in [7, 11) is -0.627. The summed E-state index contributed by atoms with van der Waals surface area (Å²) in [4.78, 5) is 16.8. The van der Waals surface area contributed by atoms with Gasteiger partial charge in [-0.3, -0.25) is 14.4 Å². The number of amides is 1. The lowest BCUT2D eigenvalue weighted by Gasteiger charge is -2.37. The minimum Gasteiger partial charge on any atom is -0.497 e. The van der Waals surface area contributed by atoms with Gasteiger partial charge in [-0.25, -0.2) is 0 Å². The lowest BCUT2D eigenvalue weighted by atomic mass is 9.82. The Morgan fingerprint density at radius 1 is 1.00 bits per heavy atom. The predicted octanol–water partition coefficient (Wildman–Crippen LogP) is 7.16. The van der Waals surface area contributed by atoms with Crippen molar-refractivity contribution in [3.63, 3.8) is 0 Å². The van der Waals surface area contributed by atoms with Gasteiger partial charge in [0.25, 0.3) is 5.91 Å². The predicted molar refractivity (Wildman–Crippen MR) is 197 cm³/mol. The second-order valence-corrected chi connectivity index (χ2v) is 19.2. The summed E-state index contributed by atoms with van der Waals surface area (Å²) < 4.78 is 15.5. The van der Waals surface area contributed by atoms with Crippen LogP contribution in [0, 0.1) is 5.92 Å². The number of halogens is 1. The average Bonchev–Trinajstić information content (AvgIpc) is 3.78. The number of hydrogen-bond donors (Lipinski definition) is 1. The van der Waals surface area contributed by atoms with Gasteiger partial charge in [0.2, 0.25) is 0 Å². The molecule has 252 valence electrons. The monoisotopic (exact) mass is 736 g/mol. The Bertz CT molecular complexity index is 1940. The number of carbonyl (C=O) groups is 1. The molecule has 4 aromatic carbocycles. The van der Waals surface area contributed by atoms with Gasteiger partial charge in [-0.05, 0) is 60.0 Å². The van der Waals surface area contributed by atoms with Crippen LogP contribution in [0.2, 0.25) is 18.6 Å². The number of fused-ring (bicyclic) bond motifs is 2. The van der Waals surface area contributed by atoms with Gasteiger partial charge < -0.3 is 14.6 Å². The topological polar surface area (TPSA) is 89.7 Å². The van der Waals surface area contributed by atoms with E-state index in [1.54, 1.807) is 7.11 Å². The second kappa shape index (κ2) is 13.3. The molecule has 1 amide bonds. The summed E-state index contributed by atoms with van der Waals surface area (Å²) in [6, 6.07) is 34.2. The van der Waals surface area contributed by atoms with Crippen molar-refractivity contribution in [2.45, 2.75) is 56.1 Å². The Morgan fingerprint density at radius 3 is 2.37 bits per heavy atom. The quantitative estimate of drug-likeness (QED) is 0.153. The van der Waals surface area contributed by atoms with Crippen LogP contribution in [-0.4, -0.2) is 53.9 Å². The lowest BCUT2D eigenvalue weighted by molar-refractivity contribution is -0.145. The molecule has 7 rings (SSSR count). The number of nitrogens with zero attached hydrogens (tertiary/aromatic N) is 4. The van der Waals surface area contributed by atoms with Crippen LogP contribution in [0.3, 0.4) is 0 Å². The fourth-order valence-electron chi connectivity index (χ4n) is 8.21. The number of aromatic nitrogens is 3. The van der Waals surface area contributed by atoms with Gasteiger partial charge in [0.1, 0.15) is 5.75 Å². The Kier molecular flexibility index (Phi) is 9.08. The summed E-state index contributed by atoms with van der Waals surface area (Å²) >= 11 is 3.70. The van der Waals surface area contributed by atoms with E-state index in [4.69, 9.17) is 9.47 Å². The van der Waals surface area contributed by atoms with Gasteiger partial charge in [-0.1, -0.05) is 107 Å². The number of aryl methyl sites for hydroxylation is 1. The first-order chi connectivity index (χ1) is 23.7. The largest absolute Gasteiger partial charge is 0.497 e. The van der Waals surface area contributed by atoms with Crippen LogP contribution in [-0.2, 0) is 21.7 Å². The van der Waals surface area contributed by atoms with Crippen molar-refractivity contribution < 1.29 is 19.4 Å². The van der Waals surface area contributed by atoms with Crippen LogP contribution in [0.25, 0.3) is 0 Å². The molecule has 8 nitrogen and oxygen atoms in total. The summed E-state index contributed by atoms with van der Waals surface area (Å²) in [5, 5.41) is 20.5. The Morgan fingerprint density at radius 2 is 1.69 bits per heavy atom. The molecule has 5 atom stereocenters. The van der Waals surface area contributed by atoms with Gasteiger partial charge in [0.05, 0.1) is 45.2 Å². The molecule has 1 aromatic heterocycles. The van der Waals surface area contributed by atoms with Crippen LogP contribution in [0.4, 0.5) is 11.4 Å². The Balaban J connectivity index is 1.27. The average molecular weight is 738 g/mol. The summed E-state index contributed by atoms with van der Waals surface area (Å²) in [5.74, 6) is 0.381. The number of hydrogen-bond acceptors (Lipinski definition) is 6. The highest BCUT2D eigenvalue weighted by atomic mass is 79.9. The molecular formula is C39H41BrN4O4Si. The fourth-order valence-corrected chi connectivity index (χ4v) is 12.6. The number of anilines is 2. The molecule has 1 fully saturated rings. The third kappa shape index (κ3) is 5.74. The maximum Gasteiger partial charge on any atom is 0.268 e. The van der Waals surface area contributed by atoms with Gasteiger partial charge in [0.15, 0.2) is 5.60 Å². The highest BCUT2D eigenvalue weighted by Crippen LogP contribution is 2.61. The highest BCUT2D eigenvalue weighted by Gasteiger charge is 2.66. The van der Waals surface area contributed by atoms with Crippen molar-refractivity contribution in [3.05, 3.63) is 131 Å². The molecule has 0 aliphatic carbocycles. The molecule has 1 N–H and O–H groups in total. The Hall–Kier alpha value is -4.09. The van der Waals surface area contributed by atoms with E-state index in [0.717, 1.165) is 38.4 Å². The minimum atomic E-state index is -2.31. The molecule has 1 spiro atoms. The van der Waals surface area contributed by atoms with Crippen LogP contribution in [0.5, 0.6) is 5.75 Å². The number of methoxy groups -OCH3 is 1. The smallest absolute Gasteiger partial charge is 0.268 e. The number of rotatable bonds is 10. The van der Waals surface area contributed by atoms with Crippen LogP contribution >= 0.6 is 15.9 Å². The lowest BCUT2D eigenvalue weighted by Crippen LogP contribution is -2.51. The van der Waals surface area contributed by atoms with E-state index in [1.807, 2.05) is 101 Å². The van der Waals surface area contributed by atoms with E-state index in [1.165, 1.54) is 5.19 Å². The summed E-state index contributed by atoms with van der Waals surface area (Å²) in [6.07, 6.45) is 2.33. The van der Waals surface area contributed by atoms with Crippen molar-refractivity contribution in [2.75, 3.05) is 18.6 Å². The minimum absolute atomic E-state index is 0.0528. The molecule has 49 heavy (non-hydrogen) atoms. The zero-order valence-corrected chi connectivity index (χ0v) is 30.7. The molecule has 3 heterocycles. The first-order valence-corrected chi connectivity index (χ1v) is 20.6. The SMILES string of the molecule is COc1ccc([Si](C)(C)[C@@H]2[C@@H](CCn3cc(C(CO)c4ccccc4)nn3)O[C@]3(C(=O)N(c4ccccc4)c4ccc(Br)cc43)[C@H]2C)cc1. The van der Waals surface area contributed by atoms with E-state index >= 15 is 4.79 Å². The summed E-state index contributed by atoms with van der Waals surface area (Å²) in [5.41, 5.74) is 3.21. The normalized spacial score (nSPS) is 22.4. The maximum atomic E-state index is 15.0. The zero-order valence-electron chi connectivity index (χ0n) is 28.2. The molecule has 0 bridgehead atoms. The first-order valence-electron chi connectivity index (χ1n) is 16.8. The fraction of sp³-hybridized carbons (Fsp3) is 0.308. The molecule has 1 saturated heterocycles. The number of carbonyl (C=O) groups excluding carboxylic acids is 1. The zero-order chi connectivity index (χ0) is 34.3. The standard InChI is InChI=1S/C39H41BrN4O4Si/c1-26-37(49(3,4)31-18-16-30(47-2)17-19-31)36(21-22-43-24-34(41-42-43)32(25-45)27-11-7-5-8-12-27)48-39(26)33-23-28(40)15-20-35(33)44(38(39)46)29-13-9-6-10-14-29/h5-20,23-24,26,32,36-37,45H,21-22,25H2,1-4H3/t26-,32?,36+,37-,39+/m0/s1. The number of aliphatic hydroxyl groups is 1. The van der Waals surface area contributed by atoms with Gasteiger partial charge in [0, 0.05) is 34.4 Å². The van der Waals surface area contributed by atoms with Crippen LogP contribution in [0.1, 0.15) is 36.1 Å². The highest BCUT2D eigenvalue weighted by molar-refractivity contribution is 9.10. The van der Waals surface area contributed by atoms with E-state index in [9.17, 15) is 5.11 Å². The first kappa shape index (κ1) is 33.4. The van der Waals surface area contributed by atoms with Crippen molar-refractivity contribution in [3.8, 4) is 5.75 Å². The van der Waals surface area contributed by atoms with Gasteiger partial charge in [-0.15, -0.1) is 5.10 Å². The molecule has 2 aliphatic heterocycles.